The van der Waals surface area contributed by atoms with E-state index in [-0.39, 0.29) is 0 Å². The van der Waals surface area contributed by atoms with Crippen LogP contribution < -0.4 is 0 Å². The Morgan fingerprint density at radius 1 is 0.296 bits per heavy atom. The van der Waals surface area contributed by atoms with Gasteiger partial charge in [-0.3, -0.25) is 0 Å². The molecular formula is C27H52. The van der Waals surface area contributed by atoms with E-state index in [1.54, 1.807) is 0 Å². The highest BCUT2D eigenvalue weighted by atomic mass is 14.0. The Labute approximate surface area is 174 Å². The molecule has 0 aliphatic heterocycles. The second kappa shape index (κ2) is 25.7. The van der Waals surface area contributed by atoms with Crippen LogP contribution in [0.15, 0.2) is 12.2 Å². The van der Waals surface area contributed by atoms with Crippen molar-refractivity contribution >= 4 is 0 Å². The summed E-state index contributed by atoms with van der Waals surface area (Å²) in [6, 6.07) is 0. The molecule has 0 bridgehead atoms. The number of rotatable bonds is 23. The van der Waals surface area contributed by atoms with Crippen LogP contribution in [0.2, 0.25) is 0 Å². The fraction of sp³-hybridized carbons (Fsp3) is 0.852. The van der Waals surface area contributed by atoms with Gasteiger partial charge in [0.05, 0.1) is 0 Å². The molecule has 0 aromatic carbocycles. The summed E-state index contributed by atoms with van der Waals surface area (Å²) in [5.74, 6) is 0. The highest BCUT2D eigenvalue weighted by Crippen LogP contribution is 2.13. The minimum absolute atomic E-state index is 1.12. The van der Waals surface area contributed by atoms with Crippen molar-refractivity contribution in [1.29, 1.82) is 0 Å². The Bertz CT molecular complexity index is 265. The molecule has 0 fully saturated rings. The number of hydrogen-bond donors (Lipinski definition) is 0. The van der Waals surface area contributed by atoms with Crippen LogP contribution in [0.4, 0.5) is 0 Å². The predicted octanol–water partition coefficient (Wildman–Crippen LogP) is 10.2. The maximum Gasteiger partial charge on any atom is -0.0351 e. The summed E-state index contributed by atoms with van der Waals surface area (Å²) in [5.41, 5.74) is 0. The molecule has 0 spiro atoms. The molecule has 0 N–H and O–H groups in total. The number of unbranched alkanes of at least 4 members (excludes halogenated alkanes) is 21. The molecule has 0 nitrogen and oxygen atoms in total. The van der Waals surface area contributed by atoms with E-state index in [4.69, 9.17) is 0 Å². The zero-order chi connectivity index (χ0) is 19.7. The lowest BCUT2D eigenvalue weighted by molar-refractivity contribution is 0.553. The van der Waals surface area contributed by atoms with E-state index in [2.05, 4.69) is 26.0 Å². The Hall–Kier alpha value is -0.260. The lowest BCUT2D eigenvalue weighted by Crippen LogP contribution is -1.82. The highest BCUT2D eigenvalue weighted by molar-refractivity contribution is 4.81. The molecule has 0 heterocycles. The van der Waals surface area contributed by atoms with Gasteiger partial charge in [-0.2, -0.15) is 0 Å². The van der Waals surface area contributed by atoms with E-state index in [0.29, 0.717) is 0 Å². The van der Waals surface area contributed by atoms with Crippen molar-refractivity contribution in [2.24, 2.45) is 0 Å². The molecule has 27 heavy (non-hydrogen) atoms. The minimum atomic E-state index is 1.12. The zero-order valence-electron chi connectivity index (χ0n) is 18.8. The van der Waals surface area contributed by atoms with Gasteiger partial charge in [0.2, 0.25) is 0 Å². The summed E-state index contributed by atoms with van der Waals surface area (Å²) in [6.45, 7) is 7.81. The molecular weight excluding hydrogens is 324 g/mol. The van der Waals surface area contributed by atoms with E-state index in [1.165, 1.54) is 135 Å². The molecule has 0 amide bonds. The molecule has 0 unspecified atom stereocenters. The van der Waals surface area contributed by atoms with Crippen LogP contribution in [0, 0.1) is 13.8 Å². The van der Waals surface area contributed by atoms with Crippen molar-refractivity contribution < 1.29 is 0 Å². The van der Waals surface area contributed by atoms with E-state index < -0.39 is 0 Å². The summed E-state index contributed by atoms with van der Waals surface area (Å²) in [5, 5.41) is 0. The van der Waals surface area contributed by atoms with Gasteiger partial charge in [0, 0.05) is 0 Å². The average molecular weight is 377 g/mol. The molecule has 0 saturated heterocycles. The second-order valence-electron chi connectivity index (χ2n) is 8.47. The molecule has 0 atom stereocenters. The van der Waals surface area contributed by atoms with E-state index in [0.717, 1.165) is 12.8 Å². The Morgan fingerprint density at radius 3 is 0.778 bits per heavy atom. The molecule has 2 radical (unpaired) electrons. The standard InChI is InChI=1S/C27H52/c1-3-5-7-9-11-13-15-17-19-21-23-25-27-26-24-22-20-18-16-14-12-10-8-6-4-2/h25,27H,1-24,26H2/b27-25+. The maximum absolute atomic E-state index is 3.91. The molecule has 0 aromatic heterocycles. The van der Waals surface area contributed by atoms with Gasteiger partial charge in [-0.15, -0.1) is 0 Å². The fourth-order valence-corrected chi connectivity index (χ4v) is 3.77. The van der Waals surface area contributed by atoms with Gasteiger partial charge in [-0.25, -0.2) is 0 Å². The van der Waals surface area contributed by atoms with E-state index in [1.807, 2.05) is 0 Å². The Balaban J connectivity index is 3.05. The van der Waals surface area contributed by atoms with Crippen molar-refractivity contribution in [3.05, 3.63) is 26.0 Å². The largest absolute Gasteiger partial charge is 0.0885 e. The maximum atomic E-state index is 3.91. The average Bonchev–Trinajstić information content (AvgIpc) is 2.68. The van der Waals surface area contributed by atoms with Crippen molar-refractivity contribution in [3.8, 4) is 0 Å². The van der Waals surface area contributed by atoms with Crippen LogP contribution in [-0.2, 0) is 0 Å². The van der Waals surface area contributed by atoms with E-state index >= 15 is 0 Å². The smallest absolute Gasteiger partial charge is 0.0351 e. The first-order valence-corrected chi connectivity index (χ1v) is 12.6. The lowest BCUT2D eigenvalue weighted by Gasteiger charge is -2.02. The third kappa shape index (κ3) is 25.7. The Morgan fingerprint density at radius 2 is 0.519 bits per heavy atom. The second-order valence-corrected chi connectivity index (χ2v) is 8.47. The van der Waals surface area contributed by atoms with Gasteiger partial charge in [-0.05, 0) is 25.7 Å². The summed E-state index contributed by atoms with van der Waals surface area (Å²) < 4.78 is 0. The first-order valence-electron chi connectivity index (χ1n) is 12.6. The fourth-order valence-electron chi connectivity index (χ4n) is 3.77. The van der Waals surface area contributed by atoms with Crippen LogP contribution in [0.1, 0.15) is 148 Å². The van der Waals surface area contributed by atoms with Crippen LogP contribution in [-0.4, -0.2) is 0 Å². The summed E-state index contributed by atoms with van der Waals surface area (Å²) >= 11 is 0. The zero-order valence-corrected chi connectivity index (χ0v) is 18.8. The van der Waals surface area contributed by atoms with Crippen molar-refractivity contribution in [2.75, 3.05) is 0 Å². The normalized spacial score (nSPS) is 11.6. The lowest BCUT2D eigenvalue weighted by atomic mass is 10.0. The van der Waals surface area contributed by atoms with Crippen LogP contribution in [0.5, 0.6) is 0 Å². The van der Waals surface area contributed by atoms with Crippen LogP contribution in [0.25, 0.3) is 0 Å². The van der Waals surface area contributed by atoms with Gasteiger partial charge in [0.1, 0.15) is 0 Å². The van der Waals surface area contributed by atoms with Gasteiger partial charge in [0.15, 0.2) is 0 Å². The molecule has 0 heteroatoms. The first-order chi connectivity index (χ1) is 13.4. The third-order valence-corrected chi connectivity index (χ3v) is 5.66. The van der Waals surface area contributed by atoms with Crippen molar-refractivity contribution in [1.82, 2.24) is 0 Å². The van der Waals surface area contributed by atoms with Gasteiger partial charge in [0.25, 0.3) is 0 Å². The van der Waals surface area contributed by atoms with Crippen molar-refractivity contribution in [3.63, 3.8) is 0 Å². The molecule has 160 valence electrons. The van der Waals surface area contributed by atoms with Crippen LogP contribution >= 0.6 is 0 Å². The summed E-state index contributed by atoms with van der Waals surface area (Å²) in [7, 11) is 0. The molecule has 0 saturated carbocycles. The number of hydrogen-bond acceptors (Lipinski definition) is 0. The topological polar surface area (TPSA) is 0 Å². The SMILES string of the molecule is [CH2]CCCCCCCCCCC/C=C/CCCCCCCCCCCC[CH2]. The predicted molar refractivity (Wildman–Crippen MR) is 126 cm³/mol. The Kier molecular flexibility index (Phi) is 25.5. The van der Waals surface area contributed by atoms with Gasteiger partial charge >= 0.3 is 0 Å². The minimum Gasteiger partial charge on any atom is -0.0885 e. The molecule has 0 rings (SSSR count). The quantitative estimate of drug-likeness (QED) is 0.123. The molecule has 0 aliphatic carbocycles. The highest BCUT2D eigenvalue weighted by Gasteiger charge is 1.93. The van der Waals surface area contributed by atoms with Gasteiger partial charge in [-0.1, -0.05) is 148 Å². The van der Waals surface area contributed by atoms with Gasteiger partial charge < -0.3 is 0 Å². The monoisotopic (exact) mass is 376 g/mol. The summed E-state index contributed by atoms with van der Waals surface area (Å²) in [6.07, 6.45) is 36.7. The number of allylic oxidation sites excluding steroid dienone is 2. The first kappa shape index (κ1) is 26.7. The van der Waals surface area contributed by atoms with E-state index in [9.17, 15) is 0 Å². The molecule has 0 aromatic rings. The third-order valence-electron chi connectivity index (χ3n) is 5.66. The molecule has 0 aliphatic rings. The summed E-state index contributed by atoms with van der Waals surface area (Å²) in [4.78, 5) is 0. The van der Waals surface area contributed by atoms with Crippen LogP contribution in [0.3, 0.4) is 0 Å². The van der Waals surface area contributed by atoms with Crippen molar-refractivity contribution in [2.45, 2.75) is 148 Å².